The summed E-state index contributed by atoms with van der Waals surface area (Å²) in [6, 6.07) is -0.534. The first-order valence-electron chi connectivity index (χ1n) is 4.68. The first-order chi connectivity index (χ1) is 6.40. The molecule has 5 heteroatoms. The van der Waals surface area contributed by atoms with E-state index in [4.69, 9.17) is 10.8 Å². The van der Waals surface area contributed by atoms with Crippen LogP contribution in [0.15, 0.2) is 0 Å². The van der Waals surface area contributed by atoms with E-state index in [0.717, 1.165) is 0 Å². The summed E-state index contributed by atoms with van der Waals surface area (Å²) in [6.45, 7) is 4.40. The fourth-order valence-electron chi connectivity index (χ4n) is 1.91. The van der Waals surface area contributed by atoms with Crippen LogP contribution in [-0.2, 0) is 4.79 Å². The number of aliphatic carboxylic acids is 1. The Bertz CT molecular complexity index is 265. The second kappa shape index (κ2) is 3.48. The third-order valence-electron chi connectivity index (χ3n) is 3.14. The van der Waals surface area contributed by atoms with Crippen LogP contribution in [0.25, 0.3) is 0 Å². The average Bonchev–Trinajstić information content (AvgIpc) is 2.48. The summed E-state index contributed by atoms with van der Waals surface area (Å²) in [5.41, 5.74) is 4.30. The number of carbonyl (C=O) groups excluding carboxylic acids is 1. The molecule has 1 aliphatic heterocycles. The molecule has 0 aromatic heterocycles. The summed E-state index contributed by atoms with van der Waals surface area (Å²) < 4.78 is 0. The maximum Gasteiger partial charge on any atom is 0.314 e. The third-order valence-corrected chi connectivity index (χ3v) is 3.14. The molecule has 0 aliphatic carbocycles. The van der Waals surface area contributed by atoms with Gasteiger partial charge in [0.25, 0.3) is 0 Å². The van der Waals surface area contributed by atoms with Crippen molar-refractivity contribution in [3.05, 3.63) is 0 Å². The van der Waals surface area contributed by atoms with Gasteiger partial charge in [0.15, 0.2) is 0 Å². The smallest absolute Gasteiger partial charge is 0.314 e. The van der Waals surface area contributed by atoms with Gasteiger partial charge in [-0.25, -0.2) is 4.79 Å². The quantitative estimate of drug-likeness (QED) is 0.680. The Balaban J connectivity index is 2.85. The summed E-state index contributed by atoms with van der Waals surface area (Å²) in [5.74, 6) is -0.833. The lowest BCUT2D eigenvalue weighted by Crippen LogP contribution is -2.42. The Labute approximate surface area is 82.9 Å². The predicted molar refractivity (Wildman–Crippen MR) is 50.7 cm³/mol. The van der Waals surface area contributed by atoms with Gasteiger partial charge in [0, 0.05) is 13.1 Å². The molecule has 1 heterocycles. The van der Waals surface area contributed by atoms with Crippen LogP contribution in [0.2, 0.25) is 0 Å². The minimum atomic E-state index is -0.837. The van der Waals surface area contributed by atoms with Gasteiger partial charge in [0.1, 0.15) is 0 Å². The summed E-state index contributed by atoms with van der Waals surface area (Å²) >= 11 is 0. The monoisotopic (exact) mass is 200 g/mol. The van der Waals surface area contributed by atoms with Crippen LogP contribution in [-0.4, -0.2) is 35.1 Å². The van der Waals surface area contributed by atoms with Crippen LogP contribution in [0.5, 0.6) is 0 Å². The number of carboxylic acid groups (broad SMARTS) is 1. The van der Waals surface area contributed by atoms with Crippen molar-refractivity contribution < 1.29 is 14.7 Å². The summed E-state index contributed by atoms with van der Waals surface area (Å²) in [4.78, 5) is 23.4. The number of nitrogens with two attached hydrogens (primary N) is 1. The number of carboxylic acids is 1. The molecule has 1 fully saturated rings. The lowest BCUT2D eigenvalue weighted by atomic mass is 9.76. The first kappa shape index (κ1) is 10.8. The molecule has 3 N–H and O–H groups in total. The molecule has 1 saturated heterocycles. The number of carbonyl (C=O) groups is 2. The highest BCUT2D eigenvalue weighted by atomic mass is 16.4. The Morgan fingerprint density at radius 2 is 2.07 bits per heavy atom. The lowest BCUT2D eigenvalue weighted by Gasteiger charge is -2.28. The normalized spacial score (nSPS) is 26.9. The van der Waals surface area contributed by atoms with Crippen molar-refractivity contribution in [1.29, 1.82) is 0 Å². The third kappa shape index (κ3) is 1.54. The number of likely N-dealkylation sites (tertiary alicyclic amines) is 1. The highest BCUT2D eigenvalue weighted by molar-refractivity contribution is 5.79. The standard InChI is InChI=1S/C9H16N2O3/c1-6(2)9(7(12)13)3-4-11(5-9)8(10)14/h6H,3-5H2,1-2H3,(H2,10,14)(H,12,13). The zero-order valence-corrected chi connectivity index (χ0v) is 8.49. The van der Waals surface area contributed by atoms with Gasteiger partial charge >= 0.3 is 12.0 Å². The molecule has 1 atom stereocenters. The van der Waals surface area contributed by atoms with Gasteiger partial charge in [-0.1, -0.05) is 13.8 Å². The molecule has 2 amide bonds. The van der Waals surface area contributed by atoms with Crippen molar-refractivity contribution in [2.75, 3.05) is 13.1 Å². The molecule has 0 aromatic rings. The van der Waals surface area contributed by atoms with Gasteiger partial charge < -0.3 is 15.7 Å². The molecule has 14 heavy (non-hydrogen) atoms. The van der Waals surface area contributed by atoms with Crippen molar-refractivity contribution in [3.63, 3.8) is 0 Å². The molecule has 1 rings (SSSR count). The van der Waals surface area contributed by atoms with E-state index in [-0.39, 0.29) is 12.5 Å². The largest absolute Gasteiger partial charge is 0.481 e. The SMILES string of the molecule is CC(C)C1(C(=O)O)CCN(C(N)=O)C1. The van der Waals surface area contributed by atoms with E-state index in [2.05, 4.69) is 0 Å². The van der Waals surface area contributed by atoms with Gasteiger partial charge in [-0.05, 0) is 12.3 Å². The molecule has 0 bridgehead atoms. The van der Waals surface area contributed by atoms with E-state index >= 15 is 0 Å². The number of amides is 2. The summed E-state index contributed by atoms with van der Waals surface area (Å²) in [7, 11) is 0. The van der Waals surface area contributed by atoms with Gasteiger partial charge in [-0.15, -0.1) is 0 Å². The minimum absolute atomic E-state index is 0.00403. The number of nitrogens with zero attached hydrogens (tertiary/aromatic N) is 1. The second-order valence-corrected chi connectivity index (χ2v) is 4.13. The van der Waals surface area contributed by atoms with Crippen LogP contribution in [0.4, 0.5) is 4.79 Å². The second-order valence-electron chi connectivity index (χ2n) is 4.13. The van der Waals surface area contributed by atoms with Gasteiger partial charge in [-0.2, -0.15) is 0 Å². The van der Waals surface area contributed by atoms with Crippen molar-refractivity contribution in [3.8, 4) is 0 Å². The zero-order chi connectivity index (χ0) is 10.9. The zero-order valence-electron chi connectivity index (χ0n) is 8.49. The van der Waals surface area contributed by atoms with Crippen molar-refractivity contribution in [1.82, 2.24) is 4.90 Å². The number of urea groups is 1. The Hall–Kier alpha value is -1.26. The van der Waals surface area contributed by atoms with E-state index in [0.29, 0.717) is 13.0 Å². The molecule has 0 aromatic carbocycles. The van der Waals surface area contributed by atoms with Gasteiger partial charge in [0.2, 0.25) is 0 Å². The van der Waals surface area contributed by atoms with Crippen LogP contribution in [0, 0.1) is 11.3 Å². The minimum Gasteiger partial charge on any atom is -0.481 e. The van der Waals surface area contributed by atoms with E-state index in [1.165, 1.54) is 4.90 Å². The maximum absolute atomic E-state index is 11.2. The maximum atomic E-state index is 11.2. The first-order valence-corrected chi connectivity index (χ1v) is 4.68. The summed E-state index contributed by atoms with van der Waals surface area (Å²) in [5, 5.41) is 9.15. The molecule has 0 saturated carbocycles. The molecule has 1 unspecified atom stereocenters. The molecule has 0 radical (unpaired) electrons. The van der Waals surface area contributed by atoms with Crippen molar-refractivity contribution in [2.45, 2.75) is 20.3 Å². The molecule has 1 aliphatic rings. The topological polar surface area (TPSA) is 83.6 Å². The Morgan fingerprint density at radius 3 is 2.29 bits per heavy atom. The fourth-order valence-corrected chi connectivity index (χ4v) is 1.91. The van der Waals surface area contributed by atoms with Crippen LogP contribution >= 0.6 is 0 Å². The Kier molecular flexibility index (Phi) is 2.69. The fraction of sp³-hybridized carbons (Fsp3) is 0.778. The Morgan fingerprint density at radius 1 is 1.50 bits per heavy atom. The van der Waals surface area contributed by atoms with E-state index in [1.807, 2.05) is 13.8 Å². The van der Waals surface area contributed by atoms with Crippen molar-refractivity contribution >= 4 is 12.0 Å². The molecule has 80 valence electrons. The number of hydrogen-bond donors (Lipinski definition) is 2. The lowest BCUT2D eigenvalue weighted by molar-refractivity contribution is -0.150. The number of primary amides is 1. The molecular formula is C9H16N2O3. The molecular weight excluding hydrogens is 184 g/mol. The highest BCUT2D eigenvalue weighted by Crippen LogP contribution is 2.37. The highest BCUT2D eigenvalue weighted by Gasteiger charge is 2.48. The van der Waals surface area contributed by atoms with E-state index in [1.54, 1.807) is 0 Å². The number of rotatable bonds is 2. The predicted octanol–water partition coefficient (Wildman–Crippen LogP) is 0.498. The molecule has 5 nitrogen and oxygen atoms in total. The van der Waals surface area contributed by atoms with Gasteiger partial charge in [-0.3, -0.25) is 4.79 Å². The van der Waals surface area contributed by atoms with E-state index < -0.39 is 17.4 Å². The average molecular weight is 200 g/mol. The van der Waals surface area contributed by atoms with Crippen LogP contribution < -0.4 is 5.73 Å². The van der Waals surface area contributed by atoms with Crippen LogP contribution in [0.1, 0.15) is 20.3 Å². The van der Waals surface area contributed by atoms with Gasteiger partial charge in [0.05, 0.1) is 5.41 Å². The molecule has 0 spiro atoms. The van der Waals surface area contributed by atoms with Crippen molar-refractivity contribution in [2.24, 2.45) is 17.1 Å². The van der Waals surface area contributed by atoms with Crippen LogP contribution in [0.3, 0.4) is 0 Å². The number of hydrogen-bond acceptors (Lipinski definition) is 2. The summed E-state index contributed by atoms with van der Waals surface area (Å²) in [6.07, 6.45) is 0.489. The van der Waals surface area contributed by atoms with E-state index in [9.17, 15) is 9.59 Å².